The highest BCUT2D eigenvalue weighted by Crippen LogP contribution is 2.86. The van der Waals surface area contributed by atoms with Crippen LogP contribution in [0.2, 0.25) is 0 Å². The molecule has 0 bridgehead atoms. The number of carbonyl (C=O) groups excluding carboxylic acids is 2. The van der Waals surface area contributed by atoms with Crippen molar-refractivity contribution >= 4 is 11.8 Å². The minimum atomic E-state index is -0.220. The normalized spacial score (nSPS) is 37.8. The molecule has 218 valence electrons. The van der Waals surface area contributed by atoms with Gasteiger partial charge in [-0.3, -0.25) is 9.59 Å². The van der Waals surface area contributed by atoms with E-state index in [0.29, 0.717) is 34.0 Å². The summed E-state index contributed by atoms with van der Waals surface area (Å²) >= 11 is 0. The molecule has 9 fully saturated rings. The number of amides is 2. The van der Waals surface area contributed by atoms with E-state index < -0.39 is 0 Å². The van der Waals surface area contributed by atoms with Gasteiger partial charge in [-0.25, -0.2) is 0 Å². The summed E-state index contributed by atoms with van der Waals surface area (Å²) < 4.78 is 0. The second-order valence-corrected chi connectivity index (χ2v) is 17.0. The maximum Gasteiger partial charge on any atom is 0.227 e. The van der Waals surface area contributed by atoms with Gasteiger partial charge in [0, 0.05) is 29.3 Å². The van der Waals surface area contributed by atoms with E-state index in [1.54, 1.807) is 0 Å². The lowest BCUT2D eigenvalue weighted by atomic mass is 9.69. The lowest BCUT2D eigenvalue weighted by Gasteiger charge is -2.42. The first-order valence-electron chi connectivity index (χ1n) is 17.5. The lowest BCUT2D eigenvalue weighted by molar-refractivity contribution is -0.142. The maximum atomic E-state index is 14.5. The van der Waals surface area contributed by atoms with Gasteiger partial charge in [-0.1, -0.05) is 37.3 Å². The molecule has 0 aromatic heterocycles. The highest BCUT2D eigenvalue weighted by Gasteiger charge is 2.86. The van der Waals surface area contributed by atoms with Gasteiger partial charge in [0.1, 0.15) is 0 Å². The molecule has 10 rings (SSSR count). The Morgan fingerprint density at radius 3 is 1.95 bits per heavy atom. The molecule has 0 spiro atoms. The van der Waals surface area contributed by atoms with Crippen LogP contribution in [-0.2, 0) is 15.0 Å². The molecule has 1 saturated heterocycles. The minimum Gasteiger partial charge on any atom is -0.349 e. The summed E-state index contributed by atoms with van der Waals surface area (Å²) in [6.07, 6.45) is 21.6. The van der Waals surface area contributed by atoms with Crippen molar-refractivity contribution in [2.75, 3.05) is 6.54 Å². The van der Waals surface area contributed by atoms with Gasteiger partial charge in [0.2, 0.25) is 11.8 Å². The third kappa shape index (κ3) is 2.73. The molecule has 1 N–H and O–H groups in total. The molecule has 1 aliphatic heterocycles. The first-order valence-corrected chi connectivity index (χ1v) is 17.5. The Morgan fingerprint density at radius 1 is 0.805 bits per heavy atom. The molecule has 9 aliphatic rings. The average Bonchev–Trinajstić information content (AvgIpc) is 3.77. The van der Waals surface area contributed by atoms with Crippen LogP contribution in [0.1, 0.15) is 128 Å². The van der Waals surface area contributed by atoms with Crippen LogP contribution in [-0.4, -0.2) is 34.3 Å². The first kappa shape index (κ1) is 24.6. The smallest absolute Gasteiger partial charge is 0.227 e. The van der Waals surface area contributed by atoms with Crippen LogP contribution in [0, 0.1) is 33.0 Å². The van der Waals surface area contributed by atoms with E-state index in [9.17, 15) is 9.59 Å². The number of nitrogens with zero attached hydrogens (tertiary/aromatic N) is 1. The van der Waals surface area contributed by atoms with E-state index in [4.69, 9.17) is 0 Å². The largest absolute Gasteiger partial charge is 0.349 e. The zero-order valence-electron chi connectivity index (χ0n) is 25.2. The number of nitrogens with one attached hydrogen (secondary N) is 1. The summed E-state index contributed by atoms with van der Waals surface area (Å²) in [6.45, 7) is 3.36. The van der Waals surface area contributed by atoms with Crippen molar-refractivity contribution in [3.63, 3.8) is 0 Å². The van der Waals surface area contributed by atoms with Crippen LogP contribution in [0.3, 0.4) is 0 Å². The van der Waals surface area contributed by atoms with Crippen molar-refractivity contribution < 1.29 is 9.59 Å². The second kappa shape index (κ2) is 7.10. The SMILES string of the molecule is CCC1(C2(C3(CC(=O)N4CCC5CC54C4(C5(C(=O)NC6(C7(c8ccccc8)CC7)CC6)CC5)CC4)CC3)CC2)CC1. The number of likely N-dealkylation sites (tertiary alicyclic amines) is 1. The van der Waals surface area contributed by atoms with Crippen molar-refractivity contribution in [1.82, 2.24) is 10.2 Å². The fourth-order valence-corrected chi connectivity index (χ4v) is 12.7. The maximum absolute atomic E-state index is 14.5. The minimum absolute atomic E-state index is 0.000153. The Morgan fingerprint density at radius 2 is 1.46 bits per heavy atom. The zero-order chi connectivity index (χ0) is 27.6. The molecule has 0 radical (unpaired) electrons. The van der Waals surface area contributed by atoms with E-state index in [1.165, 1.54) is 76.2 Å². The Balaban J connectivity index is 0.910. The predicted octanol–water partition coefficient (Wildman–Crippen LogP) is 7.06. The number of rotatable bonds is 11. The fourth-order valence-electron chi connectivity index (χ4n) is 12.7. The molecule has 2 amide bonds. The Bertz CT molecular complexity index is 1350. The molecule has 41 heavy (non-hydrogen) atoms. The molecule has 2 atom stereocenters. The van der Waals surface area contributed by atoms with Crippen molar-refractivity contribution in [3.8, 4) is 0 Å². The monoisotopic (exact) mass is 552 g/mol. The van der Waals surface area contributed by atoms with E-state index >= 15 is 0 Å². The lowest BCUT2D eigenvalue weighted by Crippen LogP contribution is -2.56. The highest BCUT2D eigenvalue weighted by atomic mass is 16.2. The third-order valence-corrected chi connectivity index (χ3v) is 16.0. The zero-order valence-corrected chi connectivity index (χ0v) is 25.2. The molecular formula is C37H48N2O2. The van der Waals surface area contributed by atoms with Crippen LogP contribution in [0.15, 0.2) is 30.3 Å². The summed E-state index contributed by atoms with van der Waals surface area (Å²) in [5.41, 5.74) is 2.75. The van der Waals surface area contributed by atoms with Crippen LogP contribution < -0.4 is 5.32 Å². The number of benzene rings is 1. The number of hydrogen-bond donors (Lipinski definition) is 1. The number of hydrogen-bond acceptors (Lipinski definition) is 2. The topological polar surface area (TPSA) is 49.4 Å². The first-order chi connectivity index (χ1) is 19.8. The summed E-state index contributed by atoms with van der Waals surface area (Å²) in [5.74, 6) is 1.48. The molecule has 1 aromatic rings. The summed E-state index contributed by atoms with van der Waals surface area (Å²) in [4.78, 5) is 31.3. The van der Waals surface area contributed by atoms with Gasteiger partial charge in [0.05, 0.1) is 11.0 Å². The molecule has 1 aromatic carbocycles. The van der Waals surface area contributed by atoms with Crippen molar-refractivity contribution in [2.24, 2.45) is 33.0 Å². The standard InChI is InChI=1S/C37H48N2O2/c1-2-30(9-10-30)34(17-18-34)31(11-12-31)25-28(40)39-23-8-27-24-37(27,39)35(19-20-35)33(15-16-33)29(41)38-36(21-22-36)32(13-14-32)26-6-4-3-5-7-26/h3-7,27H,2,8-25H2,1H3,(H,38,41). The van der Waals surface area contributed by atoms with E-state index in [2.05, 4.69) is 47.5 Å². The third-order valence-electron chi connectivity index (χ3n) is 16.0. The van der Waals surface area contributed by atoms with Crippen LogP contribution in [0.4, 0.5) is 0 Å². The van der Waals surface area contributed by atoms with Crippen molar-refractivity contribution in [1.29, 1.82) is 0 Å². The van der Waals surface area contributed by atoms with Gasteiger partial charge >= 0.3 is 0 Å². The van der Waals surface area contributed by atoms with Gasteiger partial charge in [0.25, 0.3) is 0 Å². The number of carbonyl (C=O) groups is 2. The molecule has 8 aliphatic carbocycles. The number of fused-ring (bicyclic) bond motifs is 1. The highest BCUT2D eigenvalue weighted by molar-refractivity contribution is 5.89. The Labute approximate surface area is 245 Å². The van der Waals surface area contributed by atoms with Crippen molar-refractivity contribution in [3.05, 3.63) is 35.9 Å². The second-order valence-electron chi connectivity index (χ2n) is 17.0. The summed E-state index contributed by atoms with van der Waals surface area (Å²) in [6, 6.07) is 11.0. The Kier molecular flexibility index (Phi) is 4.26. The number of piperidine rings is 1. The average molecular weight is 553 g/mol. The van der Waals surface area contributed by atoms with E-state index in [-0.39, 0.29) is 27.3 Å². The molecule has 1 heterocycles. The van der Waals surface area contributed by atoms with Gasteiger partial charge in [-0.2, -0.15) is 0 Å². The fraction of sp³-hybridized carbons (Fsp3) is 0.784. The molecule has 2 unspecified atom stereocenters. The summed E-state index contributed by atoms with van der Waals surface area (Å²) in [7, 11) is 0. The van der Waals surface area contributed by atoms with Gasteiger partial charge < -0.3 is 10.2 Å². The molecule has 4 heteroatoms. The predicted molar refractivity (Wildman–Crippen MR) is 158 cm³/mol. The van der Waals surface area contributed by atoms with Crippen LogP contribution in [0.25, 0.3) is 0 Å². The molecule has 8 saturated carbocycles. The van der Waals surface area contributed by atoms with Gasteiger partial charge in [0.15, 0.2) is 0 Å². The van der Waals surface area contributed by atoms with E-state index in [0.717, 1.165) is 51.5 Å². The Hall–Kier alpha value is -1.84. The van der Waals surface area contributed by atoms with Crippen LogP contribution >= 0.6 is 0 Å². The van der Waals surface area contributed by atoms with Crippen LogP contribution in [0.5, 0.6) is 0 Å². The molecule has 4 nitrogen and oxygen atoms in total. The quantitative estimate of drug-likeness (QED) is 0.320. The van der Waals surface area contributed by atoms with E-state index in [1.807, 2.05) is 0 Å². The molecular weight excluding hydrogens is 504 g/mol. The summed E-state index contributed by atoms with van der Waals surface area (Å²) in [5, 5.41) is 3.78. The van der Waals surface area contributed by atoms with Gasteiger partial charge in [-0.05, 0) is 137 Å². The van der Waals surface area contributed by atoms with Crippen molar-refractivity contribution in [2.45, 2.75) is 139 Å². The van der Waals surface area contributed by atoms with Gasteiger partial charge in [-0.15, -0.1) is 0 Å².